The quantitative estimate of drug-likeness (QED) is 0.480. The lowest BCUT2D eigenvalue weighted by atomic mass is 10.1. The van der Waals surface area contributed by atoms with Crippen LogP contribution in [0.3, 0.4) is 0 Å². The average molecular weight is 433 g/mol. The summed E-state index contributed by atoms with van der Waals surface area (Å²) in [5.41, 5.74) is 0.427. The minimum absolute atomic E-state index is 0.235. The summed E-state index contributed by atoms with van der Waals surface area (Å²) in [7, 11) is 0. The number of aryl methyl sites for hydroxylation is 1. The molecule has 5 rings (SSSR count). The molecule has 0 saturated carbocycles. The fourth-order valence-corrected chi connectivity index (χ4v) is 3.97. The van der Waals surface area contributed by atoms with Crippen LogP contribution < -0.4 is 10.3 Å². The Hall–Kier alpha value is -3.94. The van der Waals surface area contributed by atoms with Gasteiger partial charge in [-0.2, -0.15) is 0 Å². The lowest BCUT2D eigenvalue weighted by Crippen LogP contribution is -2.46. The maximum absolute atomic E-state index is 13.6. The Morgan fingerprint density at radius 1 is 1.12 bits per heavy atom. The van der Waals surface area contributed by atoms with E-state index in [9.17, 15) is 14.0 Å². The summed E-state index contributed by atoms with van der Waals surface area (Å²) in [6.45, 7) is 3.07. The fourth-order valence-electron chi connectivity index (χ4n) is 3.97. The molecule has 1 aliphatic heterocycles. The Morgan fingerprint density at radius 2 is 2.00 bits per heavy atom. The van der Waals surface area contributed by atoms with Crippen LogP contribution in [0, 0.1) is 12.7 Å². The van der Waals surface area contributed by atoms with Gasteiger partial charge in [-0.05, 0) is 35.7 Å². The molecule has 0 spiro atoms. The Morgan fingerprint density at radius 3 is 2.81 bits per heavy atom. The normalized spacial score (nSPS) is 13.4. The highest BCUT2D eigenvalue weighted by Gasteiger charge is 2.26. The molecule has 0 aliphatic carbocycles. The molecule has 0 bridgehead atoms. The zero-order valence-corrected chi connectivity index (χ0v) is 17.4. The maximum atomic E-state index is 13.6. The van der Waals surface area contributed by atoms with E-state index in [1.807, 2.05) is 12.1 Å². The zero-order chi connectivity index (χ0) is 22.2. The van der Waals surface area contributed by atoms with E-state index in [0.717, 1.165) is 5.39 Å². The van der Waals surface area contributed by atoms with E-state index in [-0.39, 0.29) is 23.9 Å². The third kappa shape index (κ3) is 3.53. The molecule has 0 fully saturated rings. The Bertz CT molecular complexity index is 1390. The first kappa shape index (κ1) is 20.0. The molecule has 32 heavy (non-hydrogen) atoms. The fraction of sp³-hybridized carbons (Fsp3) is 0.208. The van der Waals surface area contributed by atoms with Crippen molar-refractivity contribution in [2.45, 2.75) is 13.5 Å². The number of rotatable bonds is 5. The molecule has 0 saturated heterocycles. The Balaban J connectivity index is 1.31. The first-order valence-electron chi connectivity index (χ1n) is 10.3. The van der Waals surface area contributed by atoms with Gasteiger partial charge in [0.25, 0.3) is 11.5 Å². The first-order chi connectivity index (χ1) is 15.5. The number of ether oxygens (including phenoxy) is 1. The standard InChI is InChI=1S/C24H20FN3O4/c1-15-26-14-22(32-15)18-7-8-20-24(30)27(9-10-28(20)23(18)29)11-12-31-21-4-2-3-16-5-6-17(25)13-19(16)21/h2-8,13-14H,9-12H2,1H3. The summed E-state index contributed by atoms with van der Waals surface area (Å²) in [4.78, 5) is 31.5. The summed E-state index contributed by atoms with van der Waals surface area (Å²) in [5.74, 6) is 0.855. The molecule has 162 valence electrons. The minimum Gasteiger partial charge on any atom is -0.491 e. The average Bonchev–Trinajstić information content (AvgIpc) is 3.22. The molecule has 8 heteroatoms. The van der Waals surface area contributed by atoms with Crippen molar-refractivity contribution >= 4 is 16.7 Å². The third-order valence-corrected chi connectivity index (χ3v) is 5.58. The van der Waals surface area contributed by atoms with Crippen molar-refractivity contribution in [3.63, 3.8) is 0 Å². The van der Waals surface area contributed by atoms with E-state index >= 15 is 0 Å². The van der Waals surface area contributed by atoms with Gasteiger partial charge in [0.15, 0.2) is 11.7 Å². The second kappa shape index (κ2) is 7.96. The highest BCUT2D eigenvalue weighted by atomic mass is 19.1. The van der Waals surface area contributed by atoms with Gasteiger partial charge in [-0.15, -0.1) is 0 Å². The van der Waals surface area contributed by atoms with Gasteiger partial charge in [-0.3, -0.25) is 9.59 Å². The van der Waals surface area contributed by atoms with Crippen LogP contribution in [0.5, 0.6) is 5.75 Å². The smallest absolute Gasteiger partial charge is 0.270 e. The number of oxazole rings is 1. The molecule has 2 aromatic carbocycles. The van der Waals surface area contributed by atoms with Gasteiger partial charge in [0.1, 0.15) is 23.9 Å². The van der Waals surface area contributed by atoms with Crippen molar-refractivity contribution in [1.29, 1.82) is 0 Å². The second-order valence-electron chi connectivity index (χ2n) is 7.59. The summed E-state index contributed by atoms with van der Waals surface area (Å²) in [6.07, 6.45) is 1.51. The van der Waals surface area contributed by atoms with E-state index in [2.05, 4.69) is 4.98 Å². The molecule has 1 aliphatic rings. The number of hydrogen-bond donors (Lipinski definition) is 0. The molecular weight excluding hydrogens is 413 g/mol. The molecule has 0 atom stereocenters. The maximum Gasteiger partial charge on any atom is 0.270 e. The number of carbonyl (C=O) groups excluding carboxylic acids is 1. The number of carbonyl (C=O) groups is 1. The molecule has 3 heterocycles. The monoisotopic (exact) mass is 433 g/mol. The molecule has 7 nitrogen and oxygen atoms in total. The molecular formula is C24H20FN3O4. The van der Waals surface area contributed by atoms with Crippen LogP contribution in [0.2, 0.25) is 0 Å². The van der Waals surface area contributed by atoms with Crippen LogP contribution in [0.15, 0.2) is 63.9 Å². The van der Waals surface area contributed by atoms with Crippen molar-refractivity contribution in [2.24, 2.45) is 0 Å². The van der Waals surface area contributed by atoms with Gasteiger partial charge in [0, 0.05) is 25.4 Å². The van der Waals surface area contributed by atoms with E-state index in [1.54, 1.807) is 36.1 Å². The summed E-state index contributed by atoms with van der Waals surface area (Å²) >= 11 is 0. The summed E-state index contributed by atoms with van der Waals surface area (Å²) < 4.78 is 26.4. The molecule has 1 amide bonds. The molecule has 0 N–H and O–H groups in total. The SMILES string of the molecule is Cc1ncc(-c2ccc3n(c2=O)CCN(CCOc2cccc4ccc(F)cc24)C3=O)o1. The highest BCUT2D eigenvalue weighted by molar-refractivity contribution is 5.93. The predicted octanol–water partition coefficient (Wildman–Crippen LogP) is 3.64. The van der Waals surface area contributed by atoms with Gasteiger partial charge < -0.3 is 18.6 Å². The number of benzene rings is 2. The highest BCUT2D eigenvalue weighted by Crippen LogP contribution is 2.26. The predicted molar refractivity (Wildman–Crippen MR) is 116 cm³/mol. The summed E-state index contributed by atoms with van der Waals surface area (Å²) in [6, 6.07) is 13.3. The number of aromatic nitrogens is 2. The third-order valence-electron chi connectivity index (χ3n) is 5.58. The molecule has 2 aromatic heterocycles. The van der Waals surface area contributed by atoms with Crippen molar-refractivity contribution in [3.8, 4) is 17.1 Å². The minimum atomic E-state index is -0.332. The Labute approximate surface area is 182 Å². The second-order valence-corrected chi connectivity index (χ2v) is 7.59. The van der Waals surface area contributed by atoms with Crippen molar-refractivity contribution < 1.29 is 18.3 Å². The number of fused-ring (bicyclic) bond motifs is 2. The van der Waals surface area contributed by atoms with E-state index in [0.29, 0.717) is 53.7 Å². The van der Waals surface area contributed by atoms with E-state index in [1.165, 1.54) is 22.9 Å². The lowest BCUT2D eigenvalue weighted by Gasteiger charge is -2.29. The van der Waals surface area contributed by atoms with Crippen LogP contribution in [0.25, 0.3) is 22.1 Å². The largest absolute Gasteiger partial charge is 0.491 e. The van der Waals surface area contributed by atoms with Gasteiger partial charge in [0.05, 0.1) is 18.3 Å². The first-order valence-corrected chi connectivity index (χ1v) is 10.3. The number of halogens is 1. The van der Waals surface area contributed by atoms with Crippen molar-refractivity contribution in [1.82, 2.24) is 14.5 Å². The molecule has 4 aromatic rings. The van der Waals surface area contributed by atoms with Crippen LogP contribution in [0.1, 0.15) is 16.4 Å². The number of pyridine rings is 1. The van der Waals surface area contributed by atoms with E-state index < -0.39 is 0 Å². The van der Waals surface area contributed by atoms with Crippen LogP contribution >= 0.6 is 0 Å². The Kier molecular flexibility index (Phi) is 4.97. The van der Waals surface area contributed by atoms with Crippen molar-refractivity contribution in [3.05, 3.63) is 82.5 Å². The van der Waals surface area contributed by atoms with Crippen LogP contribution in [-0.4, -0.2) is 40.1 Å². The number of hydrogen-bond acceptors (Lipinski definition) is 5. The van der Waals surface area contributed by atoms with Crippen LogP contribution in [-0.2, 0) is 6.54 Å². The van der Waals surface area contributed by atoms with E-state index in [4.69, 9.17) is 9.15 Å². The number of nitrogens with zero attached hydrogens (tertiary/aromatic N) is 3. The van der Waals surface area contributed by atoms with Gasteiger partial charge in [-0.25, -0.2) is 9.37 Å². The zero-order valence-electron chi connectivity index (χ0n) is 17.4. The van der Waals surface area contributed by atoms with Crippen molar-refractivity contribution in [2.75, 3.05) is 19.7 Å². The van der Waals surface area contributed by atoms with Gasteiger partial charge in [-0.1, -0.05) is 18.2 Å². The molecule has 0 radical (unpaired) electrons. The van der Waals surface area contributed by atoms with Gasteiger partial charge in [0.2, 0.25) is 0 Å². The summed E-state index contributed by atoms with van der Waals surface area (Å²) in [5, 5.41) is 1.56. The van der Waals surface area contributed by atoms with Crippen LogP contribution in [0.4, 0.5) is 4.39 Å². The number of amides is 1. The topological polar surface area (TPSA) is 77.6 Å². The van der Waals surface area contributed by atoms with Gasteiger partial charge >= 0.3 is 0 Å². The lowest BCUT2D eigenvalue weighted by molar-refractivity contribution is 0.0673. The molecule has 0 unspecified atom stereocenters.